The summed E-state index contributed by atoms with van der Waals surface area (Å²) in [6.45, 7) is 2.84. The van der Waals surface area contributed by atoms with E-state index >= 15 is 0 Å². The van der Waals surface area contributed by atoms with Gasteiger partial charge in [0.15, 0.2) is 0 Å². The van der Waals surface area contributed by atoms with Gasteiger partial charge in [-0.15, -0.1) is 11.3 Å². The largest absolute Gasteiger partial charge is 0.298 e. The minimum Gasteiger partial charge on any atom is -0.270 e. The molecule has 6 heteroatoms. The predicted molar refractivity (Wildman–Crippen MR) is 89.6 cm³/mol. The van der Waals surface area contributed by atoms with E-state index in [1.807, 2.05) is 0 Å². The van der Waals surface area contributed by atoms with Gasteiger partial charge in [0.1, 0.15) is 16.9 Å². The number of fused-ring (bicyclic) bond motifs is 2. The number of para-hydroxylation sites is 1. The normalized spacial score (nSPS) is 18.3. The Kier molecular flexibility index (Phi) is 3.12. The van der Waals surface area contributed by atoms with Crippen LogP contribution >= 0.6 is 11.3 Å². The van der Waals surface area contributed by atoms with Crippen LogP contribution < -0.4 is 0 Å². The summed E-state index contributed by atoms with van der Waals surface area (Å²) in [6.07, 6.45) is 1.49. The first kappa shape index (κ1) is 15.3. The highest BCUT2D eigenvalue weighted by atomic mass is 32.1. The second-order valence-corrected chi connectivity index (χ2v) is 7.21. The van der Waals surface area contributed by atoms with E-state index in [0.29, 0.717) is 21.5 Å². The van der Waals surface area contributed by atoms with Gasteiger partial charge in [0, 0.05) is 22.7 Å². The standard InChI is InChI=1S/C18H13F3N2S/c1-17(2)18(20,21)12-6-7-24-16(12)15(23-17)11-8-10-4-3-5-13(19)14(10)22-9-11/h3-9H,1-2H3. The highest BCUT2D eigenvalue weighted by Crippen LogP contribution is 2.48. The Bertz CT molecular complexity index is 989. The van der Waals surface area contributed by atoms with Crippen LogP contribution in [0.3, 0.4) is 0 Å². The maximum absolute atomic E-state index is 14.6. The Labute approximate surface area is 140 Å². The molecule has 0 radical (unpaired) electrons. The number of hydrogen-bond donors (Lipinski definition) is 0. The number of nitrogens with zero attached hydrogens (tertiary/aromatic N) is 2. The van der Waals surface area contributed by atoms with Crippen LogP contribution in [0.4, 0.5) is 13.2 Å². The lowest BCUT2D eigenvalue weighted by Gasteiger charge is -2.35. The summed E-state index contributed by atoms with van der Waals surface area (Å²) in [5.74, 6) is -3.45. The Balaban J connectivity index is 1.95. The third-order valence-electron chi connectivity index (χ3n) is 4.31. The molecule has 0 aliphatic carbocycles. The monoisotopic (exact) mass is 346 g/mol. The summed E-state index contributed by atoms with van der Waals surface area (Å²) in [5.41, 5.74) is -0.224. The number of thiophene rings is 1. The van der Waals surface area contributed by atoms with Gasteiger partial charge < -0.3 is 0 Å². The maximum atomic E-state index is 14.6. The van der Waals surface area contributed by atoms with Gasteiger partial charge in [-0.2, -0.15) is 8.78 Å². The van der Waals surface area contributed by atoms with Crippen LogP contribution in [0.2, 0.25) is 0 Å². The molecule has 0 atom stereocenters. The van der Waals surface area contributed by atoms with Gasteiger partial charge in [-0.25, -0.2) is 4.39 Å². The molecule has 3 heterocycles. The lowest BCUT2D eigenvalue weighted by atomic mass is 9.86. The summed E-state index contributed by atoms with van der Waals surface area (Å²) in [4.78, 5) is 8.92. The van der Waals surface area contributed by atoms with Crippen molar-refractivity contribution in [3.05, 3.63) is 63.7 Å². The summed E-state index contributed by atoms with van der Waals surface area (Å²) in [7, 11) is 0. The summed E-state index contributed by atoms with van der Waals surface area (Å²) in [6, 6.07) is 7.87. The third-order valence-corrected chi connectivity index (χ3v) is 5.23. The topological polar surface area (TPSA) is 25.2 Å². The van der Waals surface area contributed by atoms with Gasteiger partial charge in [0.25, 0.3) is 5.92 Å². The van der Waals surface area contributed by atoms with Crippen LogP contribution in [0, 0.1) is 5.82 Å². The number of pyridine rings is 1. The fourth-order valence-corrected chi connectivity index (χ4v) is 3.86. The van der Waals surface area contributed by atoms with Gasteiger partial charge in [-0.3, -0.25) is 9.98 Å². The van der Waals surface area contributed by atoms with Crippen molar-refractivity contribution in [2.45, 2.75) is 25.3 Å². The van der Waals surface area contributed by atoms with Crippen LogP contribution in [0.5, 0.6) is 0 Å². The summed E-state index contributed by atoms with van der Waals surface area (Å²) < 4.78 is 43.1. The number of aliphatic imine (C=N–C) groups is 1. The molecule has 0 spiro atoms. The van der Waals surface area contributed by atoms with Crippen LogP contribution in [-0.4, -0.2) is 16.2 Å². The summed E-state index contributed by atoms with van der Waals surface area (Å²) >= 11 is 1.23. The van der Waals surface area contributed by atoms with Crippen molar-refractivity contribution in [1.29, 1.82) is 0 Å². The van der Waals surface area contributed by atoms with Crippen molar-refractivity contribution in [2.24, 2.45) is 4.99 Å². The second-order valence-electron chi connectivity index (χ2n) is 6.29. The van der Waals surface area contributed by atoms with Crippen molar-refractivity contribution in [3.63, 3.8) is 0 Å². The first-order valence-corrected chi connectivity index (χ1v) is 8.30. The van der Waals surface area contributed by atoms with Gasteiger partial charge in [0.05, 0.1) is 10.6 Å². The fraction of sp³-hybridized carbons (Fsp3) is 0.222. The Morgan fingerprint density at radius 1 is 1.12 bits per heavy atom. The fourth-order valence-electron chi connectivity index (χ4n) is 2.92. The molecular formula is C18H13F3N2S. The Hall–Kier alpha value is -2.21. The minimum absolute atomic E-state index is 0.0122. The zero-order valence-electron chi connectivity index (χ0n) is 13.0. The van der Waals surface area contributed by atoms with Gasteiger partial charge in [-0.1, -0.05) is 12.1 Å². The Morgan fingerprint density at radius 3 is 2.71 bits per heavy atom. The van der Waals surface area contributed by atoms with Crippen molar-refractivity contribution in [1.82, 2.24) is 4.98 Å². The molecule has 2 aromatic heterocycles. The molecule has 2 nitrogen and oxygen atoms in total. The highest BCUT2D eigenvalue weighted by molar-refractivity contribution is 7.12. The smallest absolute Gasteiger partial charge is 0.270 e. The molecule has 24 heavy (non-hydrogen) atoms. The molecule has 0 saturated heterocycles. The molecular weight excluding hydrogens is 333 g/mol. The molecule has 0 unspecified atom stereocenters. The van der Waals surface area contributed by atoms with E-state index in [2.05, 4.69) is 9.98 Å². The van der Waals surface area contributed by atoms with Crippen molar-refractivity contribution in [2.75, 3.05) is 0 Å². The molecule has 122 valence electrons. The SMILES string of the molecule is CC1(C)N=C(c2cnc3c(F)cccc3c2)c2sccc2C1(F)F. The lowest BCUT2D eigenvalue weighted by Crippen LogP contribution is -2.43. The molecule has 1 aliphatic heterocycles. The van der Waals surface area contributed by atoms with E-state index in [-0.39, 0.29) is 11.1 Å². The third kappa shape index (κ3) is 2.02. The zero-order valence-corrected chi connectivity index (χ0v) is 13.8. The van der Waals surface area contributed by atoms with Crippen LogP contribution in [0.1, 0.15) is 29.9 Å². The number of alkyl halides is 2. The van der Waals surface area contributed by atoms with Crippen molar-refractivity contribution >= 4 is 28.0 Å². The first-order chi connectivity index (χ1) is 11.3. The number of halogens is 3. The predicted octanol–water partition coefficient (Wildman–Crippen LogP) is 5.16. The average molecular weight is 346 g/mol. The molecule has 1 aromatic carbocycles. The van der Waals surface area contributed by atoms with E-state index in [0.717, 1.165) is 0 Å². The van der Waals surface area contributed by atoms with Crippen molar-refractivity contribution in [3.8, 4) is 0 Å². The first-order valence-electron chi connectivity index (χ1n) is 7.42. The van der Waals surface area contributed by atoms with E-state index < -0.39 is 17.3 Å². The summed E-state index contributed by atoms with van der Waals surface area (Å²) in [5, 5.41) is 2.26. The molecule has 0 amide bonds. The second kappa shape index (κ2) is 4.89. The van der Waals surface area contributed by atoms with E-state index in [1.54, 1.807) is 23.6 Å². The van der Waals surface area contributed by atoms with Gasteiger partial charge >= 0.3 is 0 Å². The highest BCUT2D eigenvalue weighted by Gasteiger charge is 2.53. The number of hydrogen-bond acceptors (Lipinski definition) is 3. The molecule has 0 fully saturated rings. The van der Waals surface area contributed by atoms with Gasteiger partial charge in [0.2, 0.25) is 0 Å². The van der Waals surface area contributed by atoms with E-state index in [9.17, 15) is 13.2 Å². The zero-order chi connectivity index (χ0) is 17.1. The molecule has 3 aromatic rings. The molecule has 1 aliphatic rings. The van der Waals surface area contributed by atoms with Gasteiger partial charge in [-0.05, 0) is 37.4 Å². The average Bonchev–Trinajstić information content (AvgIpc) is 3.02. The van der Waals surface area contributed by atoms with Crippen LogP contribution in [0.15, 0.2) is 46.9 Å². The number of benzene rings is 1. The molecule has 0 N–H and O–H groups in total. The molecule has 0 bridgehead atoms. The van der Waals surface area contributed by atoms with Crippen LogP contribution in [-0.2, 0) is 5.92 Å². The minimum atomic E-state index is -3.04. The van der Waals surface area contributed by atoms with Crippen LogP contribution in [0.25, 0.3) is 10.9 Å². The number of rotatable bonds is 1. The molecule has 4 rings (SSSR count). The maximum Gasteiger partial charge on any atom is 0.298 e. The molecule has 0 saturated carbocycles. The van der Waals surface area contributed by atoms with Crippen molar-refractivity contribution < 1.29 is 13.2 Å². The van der Waals surface area contributed by atoms with E-state index in [1.165, 1.54) is 43.5 Å². The Morgan fingerprint density at radius 2 is 1.92 bits per heavy atom. The number of aromatic nitrogens is 1. The lowest BCUT2D eigenvalue weighted by molar-refractivity contribution is -0.0677. The quantitative estimate of drug-likeness (QED) is 0.598. The van der Waals surface area contributed by atoms with E-state index in [4.69, 9.17) is 0 Å².